The molecule has 14 heteroatoms. The van der Waals surface area contributed by atoms with E-state index in [4.69, 9.17) is 35.9 Å². The smallest absolute Gasteiger partial charge is 0.328 e. The standard InChI is InChI=1S/C6H11NO2.C5H10N2O2.C5H8O3.C4H7NO3.3CH4/c1-6(3-9-4-6)5(8)7-2;1-7-4(8)5(6)2-9-3-5;1-5(4(6)7)2-8-3-5;5-4(3(6)7)1-8-2-4;;;/h3-4H2,1-2H3,(H,7,8);2-3,6H2,1H3,(H,7,8);2-3H2,1H3,(H,6,7);1-2,5H2,(H,6,7);3*1H4. The lowest BCUT2D eigenvalue weighted by molar-refractivity contribution is -0.175. The number of ether oxygens (including phenoxy) is 4. The molecule has 0 aliphatic carbocycles. The largest absolute Gasteiger partial charge is 0.481 e. The summed E-state index contributed by atoms with van der Waals surface area (Å²) in [5.41, 5.74) is 8.09. The number of nitrogens with two attached hydrogens (primary N) is 2. The lowest BCUT2D eigenvalue weighted by Crippen LogP contribution is -2.66. The molecule has 4 aliphatic heterocycles. The number of aliphatic carboxylic acids is 2. The van der Waals surface area contributed by atoms with Crippen LogP contribution in [0.15, 0.2) is 0 Å². The van der Waals surface area contributed by atoms with E-state index in [2.05, 4.69) is 15.4 Å². The third-order valence-electron chi connectivity index (χ3n) is 5.52. The lowest BCUT2D eigenvalue weighted by Gasteiger charge is -2.35. The number of hydrogen-bond acceptors (Lipinski definition) is 10. The number of hydrogen-bond donors (Lipinski definition) is 6. The first kappa shape index (κ1) is 39.2. The Morgan fingerprint density at radius 1 is 0.595 bits per heavy atom. The number of likely N-dealkylation sites (N-methyl/N-ethyl adjacent to an activating group) is 1. The van der Waals surface area contributed by atoms with Crippen molar-refractivity contribution < 1.29 is 48.3 Å². The van der Waals surface area contributed by atoms with Gasteiger partial charge in [-0.3, -0.25) is 19.2 Å². The van der Waals surface area contributed by atoms with Crippen LogP contribution in [0.4, 0.5) is 0 Å². The molecule has 2 amide bonds. The molecule has 220 valence electrons. The van der Waals surface area contributed by atoms with Crippen molar-refractivity contribution in [2.24, 2.45) is 22.3 Å². The number of carbonyl (C=O) groups is 4. The molecule has 8 N–H and O–H groups in total. The van der Waals surface area contributed by atoms with Crippen molar-refractivity contribution in [3.05, 3.63) is 0 Å². The topological polar surface area (TPSA) is 222 Å². The van der Waals surface area contributed by atoms with Crippen LogP contribution in [0.5, 0.6) is 0 Å². The van der Waals surface area contributed by atoms with E-state index in [-0.39, 0.29) is 52.7 Å². The number of carbonyl (C=O) groups excluding carboxylic acids is 2. The van der Waals surface area contributed by atoms with Gasteiger partial charge >= 0.3 is 11.9 Å². The minimum Gasteiger partial charge on any atom is -0.481 e. The van der Waals surface area contributed by atoms with Crippen molar-refractivity contribution in [3.63, 3.8) is 0 Å². The molecule has 4 heterocycles. The molecule has 0 atom stereocenters. The van der Waals surface area contributed by atoms with Crippen LogP contribution in [0, 0.1) is 10.8 Å². The Bertz CT molecular complexity index is 684. The van der Waals surface area contributed by atoms with E-state index >= 15 is 0 Å². The third-order valence-corrected chi connectivity index (χ3v) is 5.52. The second-order valence-electron chi connectivity index (χ2n) is 9.17. The molecule has 4 aliphatic rings. The zero-order valence-corrected chi connectivity index (χ0v) is 20.0. The first-order valence-electron chi connectivity index (χ1n) is 10.5. The van der Waals surface area contributed by atoms with E-state index in [1.165, 1.54) is 0 Å². The van der Waals surface area contributed by atoms with E-state index in [1.54, 1.807) is 21.0 Å². The second kappa shape index (κ2) is 15.8. The van der Waals surface area contributed by atoms with Gasteiger partial charge < -0.3 is 51.3 Å². The number of amides is 2. The van der Waals surface area contributed by atoms with E-state index in [1.807, 2.05) is 6.92 Å². The average molecular weight is 541 g/mol. The van der Waals surface area contributed by atoms with Crippen LogP contribution in [0.25, 0.3) is 0 Å². The van der Waals surface area contributed by atoms with Crippen molar-refractivity contribution in [2.45, 2.75) is 47.2 Å². The van der Waals surface area contributed by atoms with Gasteiger partial charge in [-0.1, -0.05) is 22.3 Å². The summed E-state index contributed by atoms with van der Waals surface area (Å²) in [7, 11) is 3.21. The Labute approximate surface area is 219 Å². The summed E-state index contributed by atoms with van der Waals surface area (Å²) >= 11 is 0. The number of rotatable bonds is 4. The van der Waals surface area contributed by atoms with Crippen LogP contribution in [0.3, 0.4) is 0 Å². The van der Waals surface area contributed by atoms with Gasteiger partial charge in [-0.2, -0.15) is 0 Å². The molecule has 0 unspecified atom stereocenters. The quantitative estimate of drug-likeness (QED) is 0.254. The average Bonchev–Trinajstić information content (AvgIpc) is 2.72. The predicted molar refractivity (Wildman–Crippen MR) is 137 cm³/mol. The van der Waals surface area contributed by atoms with Gasteiger partial charge in [0, 0.05) is 14.1 Å². The highest BCUT2D eigenvalue weighted by Crippen LogP contribution is 2.26. The molecule has 0 bridgehead atoms. The highest BCUT2D eigenvalue weighted by molar-refractivity contribution is 5.87. The fraction of sp³-hybridized carbons (Fsp3) is 0.826. The summed E-state index contributed by atoms with van der Waals surface area (Å²) in [6, 6.07) is 0. The summed E-state index contributed by atoms with van der Waals surface area (Å²) in [5.74, 6) is -1.81. The van der Waals surface area contributed by atoms with Crippen LogP contribution >= 0.6 is 0 Å². The van der Waals surface area contributed by atoms with Crippen LogP contribution in [-0.4, -0.2) is 112 Å². The Morgan fingerprint density at radius 2 is 0.919 bits per heavy atom. The fourth-order valence-electron chi connectivity index (χ4n) is 2.52. The maximum absolute atomic E-state index is 10.9. The predicted octanol–water partition coefficient (Wildman–Crippen LogP) is -0.956. The zero-order valence-electron chi connectivity index (χ0n) is 20.0. The molecule has 37 heavy (non-hydrogen) atoms. The van der Waals surface area contributed by atoms with Crippen LogP contribution in [0.2, 0.25) is 0 Å². The Kier molecular flexibility index (Phi) is 16.7. The highest BCUT2D eigenvalue weighted by Gasteiger charge is 2.43. The number of carboxylic acids is 2. The van der Waals surface area contributed by atoms with Gasteiger partial charge in [-0.05, 0) is 13.8 Å². The van der Waals surface area contributed by atoms with Crippen molar-refractivity contribution in [2.75, 3.05) is 67.0 Å². The van der Waals surface area contributed by atoms with E-state index < -0.39 is 28.4 Å². The zero-order chi connectivity index (χ0) is 26.2. The molecular weight excluding hydrogens is 492 g/mol. The third kappa shape index (κ3) is 10.1. The normalized spacial score (nSPS) is 21.4. The van der Waals surface area contributed by atoms with Gasteiger partial charge in [0.1, 0.15) is 11.0 Å². The summed E-state index contributed by atoms with van der Waals surface area (Å²) < 4.78 is 19.0. The minimum atomic E-state index is -1.08. The molecule has 14 nitrogen and oxygen atoms in total. The maximum atomic E-state index is 10.9. The molecule has 0 aromatic heterocycles. The first-order chi connectivity index (χ1) is 15.7. The van der Waals surface area contributed by atoms with E-state index in [0.29, 0.717) is 39.6 Å². The summed E-state index contributed by atoms with van der Waals surface area (Å²) in [6.07, 6.45) is 0. The van der Waals surface area contributed by atoms with Crippen LogP contribution in [0.1, 0.15) is 36.1 Å². The van der Waals surface area contributed by atoms with Crippen molar-refractivity contribution in [1.82, 2.24) is 10.6 Å². The monoisotopic (exact) mass is 540 g/mol. The van der Waals surface area contributed by atoms with Crippen LogP contribution in [-0.2, 0) is 38.1 Å². The van der Waals surface area contributed by atoms with Gasteiger partial charge in [0.25, 0.3) is 0 Å². The molecule has 4 saturated heterocycles. The minimum absolute atomic E-state index is 0. The lowest BCUT2D eigenvalue weighted by atomic mass is 9.88. The Balaban J connectivity index is -0.000000406. The van der Waals surface area contributed by atoms with Crippen molar-refractivity contribution in [3.8, 4) is 0 Å². The van der Waals surface area contributed by atoms with Gasteiger partial charge in [0.15, 0.2) is 5.54 Å². The fourth-order valence-corrected chi connectivity index (χ4v) is 2.52. The number of nitrogens with one attached hydrogen (secondary N) is 2. The molecule has 4 fully saturated rings. The Hall–Kier alpha value is -2.36. The van der Waals surface area contributed by atoms with Crippen LogP contribution < -0.4 is 22.1 Å². The molecule has 0 spiro atoms. The molecule has 0 aromatic rings. The highest BCUT2D eigenvalue weighted by atomic mass is 16.5. The SMILES string of the molecule is C.C.C.CC1(C(=O)O)COC1.CNC(=O)C1(C)COC1.CNC(=O)C1(N)COC1.NC1(C(=O)O)COC1. The molecule has 0 radical (unpaired) electrons. The van der Waals surface area contributed by atoms with Gasteiger partial charge in [0.2, 0.25) is 11.8 Å². The first-order valence-corrected chi connectivity index (χ1v) is 10.5. The van der Waals surface area contributed by atoms with Gasteiger partial charge in [-0.15, -0.1) is 0 Å². The molecule has 4 rings (SSSR count). The molecule has 0 aromatic carbocycles. The molecule has 0 saturated carbocycles. The summed E-state index contributed by atoms with van der Waals surface area (Å²) in [4.78, 5) is 42.0. The van der Waals surface area contributed by atoms with Gasteiger partial charge in [-0.25, -0.2) is 0 Å². The summed E-state index contributed by atoms with van der Waals surface area (Å²) in [6.45, 7) is 6.39. The van der Waals surface area contributed by atoms with Crippen molar-refractivity contribution in [1.29, 1.82) is 0 Å². The Morgan fingerprint density at radius 3 is 0.973 bits per heavy atom. The van der Waals surface area contributed by atoms with E-state index in [0.717, 1.165) is 0 Å². The van der Waals surface area contributed by atoms with E-state index in [9.17, 15) is 19.2 Å². The van der Waals surface area contributed by atoms with Gasteiger partial charge in [0.05, 0.1) is 58.3 Å². The second-order valence-corrected chi connectivity index (χ2v) is 9.17. The molecular formula is C23H48N4O10. The summed E-state index contributed by atoms with van der Waals surface area (Å²) in [5, 5.41) is 21.8. The maximum Gasteiger partial charge on any atom is 0.328 e. The number of carboxylic acid groups (broad SMARTS) is 2. The van der Waals surface area contributed by atoms with Crippen molar-refractivity contribution >= 4 is 23.8 Å².